The van der Waals surface area contributed by atoms with E-state index >= 15 is 0 Å². The molecule has 0 aromatic carbocycles. The van der Waals surface area contributed by atoms with Crippen LogP contribution in [-0.4, -0.2) is 60.1 Å². The Kier molecular flexibility index (Phi) is 4.05. The molecular formula is C13H24N2O2. The molecule has 4 heteroatoms. The van der Waals surface area contributed by atoms with Gasteiger partial charge in [-0.25, -0.2) is 0 Å². The first-order valence-electron chi connectivity index (χ1n) is 6.70. The Hall–Kier alpha value is -0.610. The van der Waals surface area contributed by atoms with Crippen molar-refractivity contribution in [1.82, 2.24) is 9.80 Å². The van der Waals surface area contributed by atoms with Gasteiger partial charge < -0.3 is 14.9 Å². The number of carbonyl (C=O) groups excluding carboxylic acids is 1. The molecule has 2 aliphatic rings. The zero-order valence-electron chi connectivity index (χ0n) is 10.9. The third-order valence-corrected chi connectivity index (χ3v) is 4.25. The van der Waals surface area contributed by atoms with Gasteiger partial charge in [-0.3, -0.25) is 4.79 Å². The molecule has 1 aliphatic carbocycles. The maximum absolute atomic E-state index is 12.0. The fraction of sp³-hybridized carbons (Fsp3) is 0.923. The van der Waals surface area contributed by atoms with E-state index in [2.05, 4.69) is 19.0 Å². The molecule has 2 rings (SSSR count). The highest BCUT2D eigenvalue weighted by atomic mass is 16.3. The van der Waals surface area contributed by atoms with Crippen LogP contribution in [-0.2, 0) is 4.79 Å². The lowest BCUT2D eigenvalue weighted by molar-refractivity contribution is -0.131. The molecule has 3 atom stereocenters. The number of hydrogen-bond acceptors (Lipinski definition) is 3. The summed E-state index contributed by atoms with van der Waals surface area (Å²) in [5, 5.41) is 9.19. The van der Waals surface area contributed by atoms with E-state index in [1.165, 1.54) is 19.3 Å². The topological polar surface area (TPSA) is 43.8 Å². The molecule has 0 radical (unpaired) electrons. The van der Waals surface area contributed by atoms with E-state index in [-0.39, 0.29) is 18.4 Å². The predicted molar refractivity (Wildman–Crippen MR) is 66.6 cm³/mol. The Bertz CT molecular complexity index is 281. The molecule has 2 fully saturated rings. The average Bonchev–Trinajstić information content (AvgIpc) is 2.70. The first-order valence-corrected chi connectivity index (χ1v) is 6.70. The van der Waals surface area contributed by atoms with E-state index in [1.807, 2.05) is 4.90 Å². The Morgan fingerprint density at radius 1 is 1.35 bits per heavy atom. The quantitative estimate of drug-likeness (QED) is 0.790. The maximum Gasteiger partial charge on any atom is 0.223 e. The van der Waals surface area contributed by atoms with Crippen LogP contribution in [0.1, 0.15) is 32.1 Å². The van der Waals surface area contributed by atoms with Crippen LogP contribution >= 0.6 is 0 Å². The number of likely N-dealkylation sites (N-methyl/N-ethyl adjacent to an activating group) is 1. The molecule has 1 saturated heterocycles. The van der Waals surface area contributed by atoms with Gasteiger partial charge in [0.1, 0.15) is 0 Å². The number of aliphatic hydroxyl groups is 1. The highest BCUT2D eigenvalue weighted by molar-refractivity contribution is 5.79. The van der Waals surface area contributed by atoms with Crippen LogP contribution < -0.4 is 0 Å². The monoisotopic (exact) mass is 240 g/mol. The molecule has 0 spiro atoms. The summed E-state index contributed by atoms with van der Waals surface area (Å²) in [6.07, 6.45) is 5.33. The summed E-state index contributed by atoms with van der Waals surface area (Å²) in [5.41, 5.74) is 0. The molecule has 0 aromatic rings. The predicted octanol–water partition coefficient (Wildman–Crippen LogP) is 0.700. The molecular weight excluding hydrogens is 216 g/mol. The fourth-order valence-corrected chi connectivity index (χ4v) is 3.31. The van der Waals surface area contributed by atoms with Crippen LogP contribution in [0.15, 0.2) is 0 Å². The molecule has 1 N–H and O–H groups in total. The van der Waals surface area contributed by atoms with E-state index in [1.54, 1.807) is 0 Å². The summed E-state index contributed by atoms with van der Waals surface area (Å²) >= 11 is 0. The van der Waals surface area contributed by atoms with Crippen molar-refractivity contribution in [2.45, 2.75) is 44.2 Å². The lowest BCUT2D eigenvalue weighted by Gasteiger charge is -2.41. The van der Waals surface area contributed by atoms with Gasteiger partial charge in [-0.15, -0.1) is 0 Å². The van der Waals surface area contributed by atoms with E-state index in [9.17, 15) is 9.90 Å². The van der Waals surface area contributed by atoms with Gasteiger partial charge in [-0.2, -0.15) is 0 Å². The number of likely N-dealkylation sites (tertiary alicyclic amines) is 1. The third kappa shape index (κ3) is 2.63. The number of rotatable bonds is 3. The normalized spacial score (nSPS) is 34.7. The summed E-state index contributed by atoms with van der Waals surface area (Å²) < 4.78 is 0. The number of carbonyl (C=O) groups is 1. The van der Waals surface area contributed by atoms with Gasteiger partial charge in [0, 0.05) is 37.6 Å². The first kappa shape index (κ1) is 12.8. The molecule has 1 amide bonds. The van der Waals surface area contributed by atoms with Crippen LogP contribution in [0, 0.1) is 5.92 Å². The Balaban J connectivity index is 2.06. The second kappa shape index (κ2) is 5.36. The van der Waals surface area contributed by atoms with Crippen LogP contribution in [0.4, 0.5) is 0 Å². The van der Waals surface area contributed by atoms with Gasteiger partial charge in [0.05, 0.1) is 0 Å². The van der Waals surface area contributed by atoms with Crippen molar-refractivity contribution >= 4 is 5.91 Å². The molecule has 0 aromatic heterocycles. The SMILES string of the molecule is CN(C)[C@H]1CCCC[C@@H]1N1CC(CO)CC1=O. The van der Waals surface area contributed by atoms with Crippen molar-refractivity contribution in [3.8, 4) is 0 Å². The van der Waals surface area contributed by atoms with Crippen LogP contribution in [0.3, 0.4) is 0 Å². The van der Waals surface area contributed by atoms with Gasteiger partial charge in [-0.1, -0.05) is 12.8 Å². The van der Waals surface area contributed by atoms with Gasteiger partial charge in [-0.05, 0) is 26.9 Å². The van der Waals surface area contributed by atoms with E-state index < -0.39 is 0 Å². The fourth-order valence-electron chi connectivity index (χ4n) is 3.31. The number of hydrogen-bond donors (Lipinski definition) is 1. The van der Waals surface area contributed by atoms with Crippen molar-refractivity contribution in [1.29, 1.82) is 0 Å². The molecule has 1 heterocycles. The minimum absolute atomic E-state index is 0.140. The second-order valence-electron chi connectivity index (χ2n) is 5.68. The standard InChI is InChI=1S/C13H24N2O2/c1-14(2)11-5-3-4-6-12(11)15-8-10(9-16)7-13(15)17/h10-12,16H,3-9H2,1-2H3/t10?,11-,12-/m0/s1. The lowest BCUT2D eigenvalue weighted by atomic mass is 9.88. The molecule has 98 valence electrons. The third-order valence-electron chi connectivity index (χ3n) is 4.25. The van der Waals surface area contributed by atoms with Crippen molar-refractivity contribution < 1.29 is 9.90 Å². The van der Waals surface area contributed by atoms with Crippen LogP contribution in [0.5, 0.6) is 0 Å². The van der Waals surface area contributed by atoms with Crippen LogP contribution in [0.25, 0.3) is 0 Å². The minimum Gasteiger partial charge on any atom is -0.396 e. The van der Waals surface area contributed by atoms with Gasteiger partial charge in [0.15, 0.2) is 0 Å². The summed E-state index contributed by atoms with van der Waals surface area (Å²) in [4.78, 5) is 16.3. The minimum atomic E-state index is 0.140. The lowest BCUT2D eigenvalue weighted by Crippen LogP contribution is -2.51. The van der Waals surface area contributed by atoms with Gasteiger partial charge in [0.25, 0.3) is 0 Å². The number of amides is 1. The molecule has 17 heavy (non-hydrogen) atoms. The summed E-state index contributed by atoms with van der Waals surface area (Å²) in [7, 11) is 4.21. The van der Waals surface area contributed by atoms with E-state index in [0.29, 0.717) is 18.5 Å². The zero-order chi connectivity index (χ0) is 12.4. The van der Waals surface area contributed by atoms with Crippen LogP contribution in [0.2, 0.25) is 0 Å². The Labute approximate surface area is 104 Å². The van der Waals surface area contributed by atoms with Gasteiger partial charge in [0.2, 0.25) is 5.91 Å². The largest absolute Gasteiger partial charge is 0.396 e. The van der Waals surface area contributed by atoms with E-state index in [4.69, 9.17) is 0 Å². The number of nitrogens with zero attached hydrogens (tertiary/aromatic N) is 2. The second-order valence-corrected chi connectivity index (χ2v) is 5.68. The molecule has 0 bridgehead atoms. The Morgan fingerprint density at radius 3 is 2.65 bits per heavy atom. The summed E-state index contributed by atoms with van der Waals surface area (Å²) in [5.74, 6) is 0.398. The van der Waals surface area contributed by atoms with Crippen molar-refractivity contribution in [3.05, 3.63) is 0 Å². The molecule has 4 nitrogen and oxygen atoms in total. The molecule has 1 saturated carbocycles. The Morgan fingerprint density at radius 2 is 2.06 bits per heavy atom. The van der Waals surface area contributed by atoms with Crippen molar-refractivity contribution in [2.75, 3.05) is 27.2 Å². The molecule has 1 aliphatic heterocycles. The summed E-state index contributed by atoms with van der Waals surface area (Å²) in [6.45, 7) is 0.895. The average molecular weight is 240 g/mol. The highest BCUT2D eigenvalue weighted by Crippen LogP contribution is 2.30. The van der Waals surface area contributed by atoms with Gasteiger partial charge >= 0.3 is 0 Å². The smallest absolute Gasteiger partial charge is 0.223 e. The van der Waals surface area contributed by atoms with Crippen molar-refractivity contribution in [2.24, 2.45) is 5.92 Å². The molecule has 1 unspecified atom stereocenters. The summed E-state index contributed by atoms with van der Waals surface area (Å²) in [6, 6.07) is 0.855. The number of aliphatic hydroxyl groups excluding tert-OH is 1. The maximum atomic E-state index is 12.0. The zero-order valence-corrected chi connectivity index (χ0v) is 10.9. The first-order chi connectivity index (χ1) is 8.13. The van der Waals surface area contributed by atoms with E-state index in [0.717, 1.165) is 13.0 Å². The van der Waals surface area contributed by atoms with Crippen molar-refractivity contribution in [3.63, 3.8) is 0 Å². The highest BCUT2D eigenvalue weighted by Gasteiger charge is 2.39.